The Morgan fingerprint density at radius 1 is 1.29 bits per heavy atom. The Kier molecular flexibility index (Phi) is 5.53. The number of rotatable bonds is 6. The molecule has 1 heterocycles. The third-order valence-electron chi connectivity index (χ3n) is 3.70. The van der Waals surface area contributed by atoms with Crippen LogP contribution >= 0.6 is 15.9 Å². The van der Waals surface area contributed by atoms with Gasteiger partial charge in [0.1, 0.15) is 5.82 Å². The van der Waals surface area contributed by atoms with E-state index < -0.39 is 0 Å². The van der Waals surface area contributed by atoms with E-state index in [1.165, 1.54) is 17.8 Å². The van der Waals surface area contributed by atoms with Crippen molar-refractivity contribution in [3.05, 3.63) is 51.5 Å². The van der Waals surface area contributed by atoms with Crippen LogP contribution in [0, 0.1) is 12.7 Å². The van der Waals surface area contributed by atoms with Gasteiger partial charge in [0, 0.05) is 19.0 Å². The summed E-state index contributed by atoms with van der Waals surface area (Å²) in [6, 6.07) is 7.00. The number of hydrogen-bond acceptors (Lipinski definition) is 2. The molecule has 1 atom stereocenters. The van der Waals surface area contributed by atoms with Crippen molar-refractivity contribution in [3.8, 4) is 0 Å². The predicted octanol–water partition coefficient (Wildman–Crippen LogP) is 3.49. The zero-order chi connectivity index (χ0) is 15.4. The van der Waals surface area contributed by atoms with E-state index in [0.717, 1.165) is 35.1 Å². The lowest BCUT2D eigenvalue weighted by molar-refractivity contribution is 0.518. The minimum Gasteiger partial charge on any atom is -0.316 e. The molecule has 0 aliphatic rings. The molecule has 0 radical (unpaired) electrons. The van der Waals surface area contributed by atoms with Crippen molar-refractivity contribution in [1.82, 2.24) is 15.1 Å². The summed E-state index contributed by atoms with van der Waals surface area (Å²) in [4.78, 5) is 0. The highest BCUT2D eigenvalue weighted by Crippen LogP contribution is 2.23. The summed E-state index contributed by atoms with van der Waals surface area (Å²) in [5.74, 6) is -0.192. The molecule has 0 spiro atoms. The van der Waals surface area contributed by atoms with Gasteiger partial charge in [-0.05, 0) is 60.9 Å². The molecule has 1 unspecified atom stereocenters. The van der Waals surface area contributed by atoms with Gasteiger partial charge >= 0.3 is 0 Å². The first-order chi connectivity index (χ1) is 10.0. The highest BCUT2D eigenvalue weighted by molar-refractivity contribution is 9.10. The summed E-state index contributed by atoms with van der Waals surface area (Å²) >= 11 is 3.63. The van der Waals surface area contributed by atoms with E-state index in [9.17, 15) is 4.39 Å². The van der Waals surface area contributed by atoms with E-state index in [-0.39, 0.29) is 11.9 Å². The van der Waals surface area contributed by atoms with Crippen molar-refractivity contribution in [3.63, 3.8) is 0 Å². The molecule has 114 valence electrons. The van der Waals surface area contributed by atoms with Gasteiger partial charge in [0.25, 0.3) is 0 Å². The van der Waals surface area contributed by atoms with Crippen molar-refractivity contribution in [2.24, 2.45) is 0 Å². The minimum absolute atomic E-state index is 0.192. The Morgan fingerprint density at radius 2 is 1.95 bits per heavy atom. The van der Waals surface area contributed by atoms with E-state index in [0.29, 0.717) is 0 Å². The van der Waals surface area contributed by atoms with Crippen LogP contribution in [-0.4, -0.2) is 22.9 Å². The molecule has 1 N–H and O–H groups in total. The molecule has 3 nitrogen and oxygen atoms in total. The Balaban J connectivity index is 2.14. The third-order valence-corrected chi connectivity index (χ3v) is 4.73. The van der Waals surface area contributed by atoms with Crippen LogP contribution in [0.15, 0.2) is 28.7 Å². The van der Waals surface area contributed by atoms with Crippen molar-refractivity contribution in [1.29, 1.82) is 0 Å². The summed E-state index contributed by atoms with van der Waals surface area (Å²) in [6.45, 7) is 4.96. The maximum atomic E-state index is 13.0. The lowest BCUT2D eigenvalue weighted by Gasteiger charge is -2.17. The average molecular weight is 354 g/mol. The zero-order valence-corrected chi connectivity index (χ0v) is 14.2. The van der Waals surface area contributed by atoms with E-state index in [4.69, 9.17) is 0 Å². The highest BCUT2D eigenvalue weighted by Gasteiger charge is 2.17. The number of benzene rings is 1. The van der Waals surface area contributed by atoms with Crippen LogP contribution in [0.25, 0.3) is 0 Å². The lowest BCUT2D eigenvalue weighted by Crippen LogP contribution is -2.31. The first-order valence-corrected chi connectivity index (χ1v) is 7.98. The van der Waals surface area contributed by atoms with Crippen LogP contribution in [0.3, 0.4) is 0 Å². The van der Waals surface area contributed by atoms with Crippen molar-refractivity contribution >= 4 is 15.9 Å². The number of aromatic nitrogens is 2. The SMILES string of the molecule is CCn1nc(C)c(Br)c1CC(Cc1ccc(F)cc1)NC. The molecule has 0 saturated heterocycles. The van der Waals surface area contributed by atoms with Gasteiger partial charge in [0.15, 0.2) is 0 Å². The van der Waals surface area contributed by atoms with Crippen molar-refractivity contribution in [2.45, 2.75) is 39.3 Å². The molecule has 1 aromatic heterocycles. The zero-order valence-electron chi connectivity index (χ0n) is 12.7. The summed E-state index contributed by atoms with van der Waals surface area (Å²) in [6.07, 6.45) is 1.74. The largest absolute Gasteiger partial charge is 0.316 e. The van der Waals surface area contributed by atoms with Gasteiger partial charge in [-0.2, -0.15) is 5.10 Å². The van der Waals surface area contributed by atoms with E-state index in [2.05, 4.69) is 33.3 Å². The number of halogens is 2. The molecule has 1 aromatic carbocycles. The number of hydrogen-bond donors (Lipinski definition) is 1. The summed E-state index contributed by atoms with van der Waals surface area (Å²) < 4.78 is 16.1. The monoisotopic (exact) mass is 353 g/mol. The van der Waals surface area contributed by atoms with Gasteiger partial charge in [-0.15, -0.1) is 0 Å². The fourth-order valence-electron chi connectivity index (χ4n) is 2.48. The third kappa shape index (κ3) is 3.92. The molecule has 0 saturated carbocycles. The molecule has 0 bridgehead atoms. The Morgan fingerprint density at radius 3 is 2.52 bits per heavy atom. The molecular formula is C16H21BrFN3. The summed E-state index contributed by atoms with van der Waals surface area (Å²) in [5.41, 5.74) is 3.35. The van der Waals surface area contributed by atoms with Gasteiger partial charge in [0.2, 0.25) is 0 Å². The predicted molar refractivity (Wildman–Crippen MR) is 87.0 cm³/mol. The van der Waals surface area contributed by atoms with Crippen molar-refractivity contribution in [2.75, 3.05) is 7.05 Å². The normalized spacial score (nSPS) is 12.6. The molecule has 5 heteroatoms. The maximum Gasteiger partial charge on any atom is 0.123 e. The maximum absolute atomic E-state index is 13.0. The van der Waals surface area contributed by atoms with Crippen molar-refractivity contribution < 1.29 is 4.39 Å². The second-order valence-corrected chi connectivity index (χ2v) is 5.98. The minimum atomic E-state index is -0.192. The Hall–Kier alpha value is -1.20. The number of nitrogens with one attached hydrogen (secondary N) is 1. The first-order valence-electron chi connectivity index (χ1n) is 7.18. The molecule has 2 rings (SSSR count). The average Bonchev–Trinajstić information content (AvgIpc) is 2.76. The highest BCUT2D eigenvalue weighted by atomic mass is 79.9. The second kappa shape index (κ2) is 7.18. The molecule has 2 aromatic rings. The summed E-state index contributed by atoms with van der Waals surface area (Å²) in [5, 5.41) is 7.87. The van der Waals surface area contributed by atoms with E-state index in [1.807, 2.05) is 30.8 Å². The van der Waals surface area contributed by atoms with Gasteiger partial charge in [-0.1, -0.05) is 12.1 Å². The second-order valence-electron chi connectivity index (χ2n) is 5.18. The van der Waals surface area contributed by atoms with Crippen LogP contribution in [0.4, 0.5) is 4.39 Å². The quantitative estimate of drug-likeness (QED) is 0.861. The lowest BCUT2D eigenvalue weighted by atomic mass is 10.0. The summed E-state index contributed by atoms with van der Waals surface area (Å²) in [7, 11) is 1.96. The van der Waals surface area contributed by atoms with Crippen LogP contribution in [0.2, 0.25) is 0 Å². The van der Waals surface area contributed by atoms with Crippen LogP contribution in [0.1, 0.15) is 23.9 Å². The molecule has 0 aliphatic carbocycles. The Labute approximate surface area is 133 Å². The number of nitrogens with zero attached hydrogens (tertiary/aromatic N) is 2. The van der Waals surface area contributed by atoms with Crippen LogP contribution in [0.5, 0.6) is 0 Å². The molecule has 0 amide bonds. The Bertz CT molecular complexity index is 592. The molecule has 0 fully saturated rings. The molecule has 0 aliphatic heterocycles. The van der Waals surface area contributed by atoms with Gasteiger partial charge < -0.3 is 5.32 Å². The first kappa shape index (κ1) is 16.2. The van der Waals surface area contributed by atoms with Gasteiger partial charge in [-0.3, -0.25) is 4.68 Å². The topological polar surface area (TPSA) is 29.9 Å². The van der Waals surface area contributed by atoms with Crippen LogP contribution < -0.4 is 5.32 Å². The van der Waals surface area contributed by atoms with Crippen LogP contribution in [-0.2, 0) is 19.4 Å². The standard InChI is InChI=1S/C16H21BrFN3/c1-4-21-15(16(17)11(2)20-21)10-14(19-3)9-12-5-7-13(18)8-6-12/h5-8,14,19H,4,9-10H2,1-3H3. The number of aryl methyl sites for hydroxylation is 2. The van der Waals surface area contributed by atoms with Gasteiger partial charge in [-0.25, -0.2) is 4.39 Å². The van der Waals surface area contributed by atoms with E-state index >= 15 is 0 Å². The smallest absolute Gasteiger partial charge is 0.123 e. The molecular weight excluding hydrogens is 333 g/mol. The fraction of sp³-hybridized carbons (Fsp3) is 0.438. The molecule has 21 heavy (non-hydrogen) atoms. The van der Waals surface area contributed by atoms with Gasteiger partial charge in [0.05, 0.1) is 15.9 Å². The fourth-order valence-corrected chi connectivity index (χ4v) is 2.92. The number of likely N-dealkylation sites (N-methyl/N-ethyl adjacent to an activating group) is 1. The van der Waals surface area contributed by atoms with E-state index in [1.54, 1.807) is 0 Å².